The summed E-state index contributed by atoms with van der Waals surface area (Å²) in [6, 6.07) is 29.9. The van der Waals surface area contributed by atoms with Gasteiger partial charge in [-0.25, -0.2) is 0 Å². The summed E-state index contributed by atoms with van der Waals surface area (Å²) in [5.41, 5.74) is 5.00. The first-order chi connectivity index (χ1) is 19.6. The van der Waals surface area contributed by atoms with Crippen LogP contribution in [0.3, 0.4) is 0 Å². The molecule has 40 heavy (non-hydrogen) atoms. The molecule has 1 aliphatic heterocycles. The van der Waals surface area contributed by atoms with Gasteiger partial charge in [0.15, 0.2) is 0 Å². The monoisotopic (exact) mass is 533 g/mol. The molecular weight excluding hydrogens is 498 g/mol. The maximum absolute atomic E-state index is 14.4. The van der Waals surface area contributed by atoms with Crippen LogP contribution in [0.4, 0.5) is 5.69 Å². The van der Waals surface area contributed by atoms with E-state index in [1.165, 1.54) is 5.56 Å². The molecule has 2 aliphatic rings. The Morgan fingerprint density at radius 3 is 2.33 bits per heavy atom. The fourth-order valence-electron chi connectivity index (χ4n) is 5.99. The van der Waals surface area contributed by atoms with Crippen molar-refractivity contribution in [2.75, 3.05) is 25.1 Å². The first-order valence-electron chi connectivity index (χ1n) is 14.2. The molecule has 3 atom stereocenters. The van der Waals surface area contributed by atoms with Crippen LogP contribution in [0, 0.1) is 5.92 Å². The number of ether oxygens (including phenoxy) is 1. The highest BCUT2D eigenvalue weighted by atomic mass is 16.5. The molecule has 3 aromatic carbocycles. The summed E-state index contributed by atoms with van der Waals surface area (Å²) in [6.45, 7) is 2.75. The lowest BCUT2D eigenvalue weighted by Crippen LogP contribution is -2.47. The fourth-order valence-corrected chi connectivity index (χ4v) is 5.99. The molecule has 3 unspecified atom stereocenters. The molecule has 6 heteroatoms. The Hall–Kier alpha value is -4.32. The minimum Gasteiger partial charge on any atom is -0.497 e. The van der Waals surface area contributed by atoms with Gasteiger partial charge in [0, 0.05) is 18.7 Å². The van der Waals surface area contributed by atoms with Gasteiger partial charge in [0.1, 0.15) is 18.3 Å². The van der Waals surface area contributed by atoms with Gasteiger partial charge >= 0.3 is 0 Å². The molecule has 2 amide bonds. The van der Waals surface area contributed by atoms with Crippen molar-refractivity contribution in [1.82, 2.24) is 9.47 Å². The summed E-state index contributed by atoms with van der Waals surface area (Å²) in [5.74, 6) is 0.948. The van der Waals surface area contributed by atoms with Crippen molar-refractivity contribution in [3.63, 3.8) is 0 Å². The third-order valence-electron chi connectivity index (χ3n) is 8.17. The number of benzene rings is 3. The Labute approximate surface area is 235 Å². The number of para-hydroxylation sites is 2. The van der Waals surface area contributed by atoms with Gasteiger partial charge in [-0.1, -0.05) is 67.9 Å². The number of hydrogen-bond acceptors (Lipinski definition) is 3. The number of fused-ring (bicyclic) bond motifs is 3. The van der Waals surface area contributed by atoms with Crippen LogP contribution in [-0.4, -0.2) is 41.5 Å². The van der Waals surface area contributed by atoms with Gasteiger partial charge < -0.3 is 14.2 Å². The maximum Gasteiger partial charge on any atom is 0.247 e. The lowest BCUT2D eigenvalue weighted by molar-refractivity contribution is -0.136. The predicted octanol–water partition coefficient (Wildman–Crippen LogP) is 6.35. The van der Waals surface area contributed by atoms with Crippen LogP contribution in [0.15, 0.2) is 97.2 Å². The topological polar surface area (TPSA) is 54.8 Å². The Kier molecular flexibility index (Phi) is 7.16. The van der Waals surface area contributed by atoms with Crippen LogP contribution >= 0.6 is 0 Å². The molecule has 1 aromatic heterocycles. The third kappa shape index (κ3) is 4.79. The van der Waals surface area contributed by atoms with Crippen LogP contribution < -0.4 is 9.64 Å². The minimum absolute atomic E-state index is 0.0541. The summed E-state index contributed by atoms with van der Waals surface area (Å²) in [5, 5.41) is 0. The number of carbonyl (C=O) groups is 2. The van der Waals surface area contributed by atoms with E-state index in [9.17, 15) is 9.59 Å². The molecule has 4 aromatic rings. The number of amides is 2. The molecule has 0 bridgehead atoms. The van der Waals surface area contributed by atoms with Gasteiger partial charge in [0.05, 0.1) is 24.2 Å². The second kappa shape index (κ2) is 11.0. The second-order valence-electron chi connectivity index (χ2n) is 10.7. The molecule has 0 spiro atoms. The van der Waals surface area contributed by atoms with Crippen LogP contribution in [-0.2, 0) is 9.59 Å². The molecule has 204 valence electrons. The van der Waals surface area contributed by atoms with Gasteiger partial charge in [-0.05, 0) is 66.3 Å². The zero-order chi connectivity index (χ0) is 27.6. The Balaban J connectivity index is 1.33. The zero-order valence-corrected chi connectivity index (χ0v) is 23.1. The molecule has 0 saturated heterocycles. The van der Waals surface area contributed by atoms with Crippen molar-refractivity contribution in [1.29, 1.82) is 0 Å². The second-order valence-corrected chi connectivity index (χ2v) is 10.7. The van der Waals surface area contributed by atoms with E-state index >= 15 is 0 Å². The van der Waals surface area contributed by atoms with Gasteiger partial charge in [0.25, 0.3) is 0 Å². The maximum atomic E-state index is 14.4. The lowest BCUT2D eigenvalue weighted by Gasteiger charge is -2.39. The lowest BCUT2D eigenvalue weighted by atomic mass is 9.97. The number of carbonyl (C=O) groups excluding carboxylic acids is 2. The highest BCUT2D eigenvalue weighted by Crippen LogP contribution is 2.48. The average molecular weight is 534 g/mol. The number of aromatic nitrogens is 1. The zero-order valence-electron chi connectivity index (χ0n) is 23.1. The summed E-state index contributed by atoms with van der Waals surface area (Å²) < 4.78 is 7.55. The largest absolute Gasteiger partial charge is 0.497 e. The van der Waals surface area contributed by atoms with Crippen LogP contribution in [0.2, 0.25) is 0 Å². The standard InChI is InChI=1S/C34H35N3O3/c1-3-4-20-35(34(39)28-22-27(28)24-11-6-5-7-12-24)23-32(38)37-30-14-9-8-13-29(30)36-21-10-15-31(36)33(37)25-16-18-26(40-2)19-17-25/h5-19,21,27-28,33H,3-4,20,22-23H2,1-2H3. The number of rotatable bonds is 9. The third-order valence-corrected chi connectivity index (χ3v) is 8.17. The van der Waals surface area contributed by atoms with Crippen LogP contribution in [0.25, 0.3) is 5.69 Å². The van der Waals surface area contributed by atoms with Gasteiger partial charge in [-0.2, -0.15) is 0 Å². The molecule has 1 fully saturated rings. The Bertz CT molecular complexity index is 1490. The molecular formula is C34H35N3O3. The van der Waals surface area contributed by atoms with E-state index in [1.807, 2.05) is 83.9 Å². The van der Waals surface area contributed by atoms with Crippen molar-refractivity contribution >= 4 is 17.5 Å². The molecule has 1 aliphatic carbocycles. The number of unbranched alkanes of at least 4 members (excludes halogenated alkanes) is 1. The van der Waals surface area contributed by atoms with Crippen LogP contribution in [0.5, 0.6) is 5.75 Å². The minimum atomic E-state index is -0.329. The quantitative estimate of drug-likeness (QED) is 0.252. The van der Waals surface area contributed by atoms with Gasteiger partial charge in [-0.3, -0.25) is 14.5 Å². The van der Waals surface area contributed by atoms with Gasteiger partial charge in [0.2, 0.25) is 11.8 Å². The van der Waals surface area contributed by atoms with E-state index in [-0.39, 0.29) is 36.2 Å². The first kappa shape index (κ1) is 25.9. The first-order valence-corrected chi connectivity index (χ1v) is 14.2. The summed E-state index contributed by atoms with van der Waals surface area (Å²) in [4.78, 5) is 31.8. The van der Waals surface area contributed by atoms with Crippen molar-refractivity contribution in [2.45, 2.75) is 38.1 Å². The van der Waals surface area contributed by atoms with E-state index < -0.39 is 0 Å². The molecule has 0 radical (unpaired) electrons. The summed E-state index contributed by atoms with van der Waals surface area (Å²) in [7, 11) is 1.65. The van der Waals surface area contributed by atoms with Crippen molar-refractivity contribution in [3.8, 4) is 11.4 Å². The fraction of sp³-hybridized carbons (Fsp3) is 0.294. The average Bonchev–Trinajstić information content (AvgIpc) is 3.66. The summed E-state index contributed by atoms with van der Waals surface area (Å²) >= 11 is 0. The number of nitrogens with zero attached hydrogens (tertiary/aromatic N) is 3. The molecule has 0 N–H and O–H groups in total. The summed E-state index contributed by atoms with van der Waals surface area (Å²) in [6.07, 6.45) is 4.71. The van der Waals surface area contributed by atoms with E-state index in [1.54, 1.807) is 12.0 Å². The SMILES string of the molecule is CCCCN(CC(=O)N1c2ccccc2-n2cccc2C1c1ccc(OC)cc1)C(=O)C1CC1c1ccccc1. The van der Waals surface area contributed by atoms with Crippen molar-refractivity contribution < 1.29 is 14.3 Å². The highest BCUT2D eigenvalue weighted by molar-refractivity contribution is 6.00. The van der Waals surface area contributed by atoms with Crippen molar-refractivity contribution in [3.05, 3.63) is 114 Å². The number of hydrogen-bond donors (Lipinski definition) is 0. The van der Waals surface area contributed by atoms with E-state index in [4.69, 9.17) is 4.74 Å². The number of methoxy groups -OCH3 is 1. The van der Waals surface area contributed by atoms with E-state index in [2.05, 4.69) is 29.7 Å². The van der Waals surface area contributed by atoms with Gasteiger partial charge in [-0.15, -0.1) is 0 Å². The van der Waals surface area contributed by atoms with E-state index in [0.717, 1.165) is 47.6 Å². The number of anilines is 1. The molecule has 1 saturated carbocycles. The molecule has 2 heterocycles. The Morgan fingerprint density at radius 2 is 1.60 bits per heavy atom. The van der Waals surface area contributed by atoms with Crippen LogP contribution in [0.1, 0.15) is 55.0 Å². The smallest absolute Gasteiger partial charge is 0.247 e. The van der Waals surface area contributed by atoms with E-state index in [0.29, 0.717) is 6.54 Å². The molecule has 6 nitrogen and oxygen atoms in total. The highest BCUT2D eigenvalue weighted by Gasteiger charge is 2.46. The normalized spacial score (nSPS) is 18.9. The Morgan fingerprint density at radius 1 is 0.875 bits per heavy atom. The van der Waals surface area contributed by atoms with Crippen molar-refractivity contribution in [2.24, 2.45) is 5.92 Å². The predicted molar refractivity (Wildman–Crippen MR) is 157 cm³/mol. The molecule has 6 rings (SSSR count).